The van der Waals surface area contributed by atoms with Crippen LogP contribution in [0.3, 0.4) is 0 Å². The second kappa shape index (κ2) is 25.9. The number of aliphatic hydroxyl groups excluding tert-OH is 2. The number of aromatic nitrogens is 1. The Bertz CT molecular complexity index is 2400. The van der Waals surface area contributed by atoms with E-state index in [0.29, 0.717) is 50.8 Å². The number of carbonyl (C=O) groups is 3. The highest BCUT2D eigenvalue weighted by Gasteiger charge is 2.54. The Hall–Kier alpha value is -3.64. The molecule has 6 N–H and O–H groups in total. The lowest BCUT2D eigenvalue weighted by molar-refractivity contribution is -0.318. The van der Waals surface area contributed by atoms with Gasteiger partial charge in [-0.15, -0.1) is 0 Å². The van der Waals surface area contributed by atoms with E-state index in [1.165, 1.54) is 20.2 Å². The summed E-state index contributed by atoms with van der Waals surface area (Å²) in [4.78, 5) is 56.9. The molecule has 0 aliphatic carbocycles. The molecule has 3 saturated heterocycles. The molecule has 20 nitrogen and oxygen atoms in total. The Morgan fingerprint density at radius 1 is 0.961 bits per heavy atom. The summed E-state index contributed by atoms with van der Waals surface area (Å²) in [6.45, 7) is 19.5. The SMILES string of the molecule is CC[C@H]1OC(=O)[C@H](C)[C@@H](O[C@H]2C[C@@](C)(OC)[C@@H](OC(=O)CCNCCCc3cc4c5c(c3)c(=O)c(C(=O)O)cn5CCC4)[C@H](C)O2)[C@H](C)[C@@H](O[C@@H]2O[C@H](C)C[C@H](N(C)C)[C@H]2O)[C@](C)(O)C[C@@H](C)CN(C)[C@H](C)[C@H](O)[C@]1(C)O. The molecule has 2 aromatic rings. The van der Waals surface area contributed by atoms with Crippen LogP contribution in [0.15, 0.2) is 23.1 Å². The fraction of sp³-hybridized carbons (Fsp3) is 0.789. The first-order chi connectivity index (χ1) is 36.0. The standard InChI is InChI=1S/C57H92N4O16/c1-15-42-57(10,70)49(65)35(6)60(13)29-31(2)27-55(8,69)50(77-54-47(64)41(59(11)12)24-32(3)72-54)33(4)48(34(5)53(68)74-42)76-44-28-56(9,71-14)51(36(7)73-44)75-43(62)20-22-58-21-16-18-37-25-38-19-17-23-61-30-40(52(66)67)46(63)39(26-37)45(38)61/h25-26,30-36,41-42,44,47-51,54,58,64-65,69-70H,15-24,27-29H2,1-14H3,(H,66,67)/t31-,32-,33+,34-,35-,36+,41+,42-,44+,47-,48+,49+,50-,51+,54+,55-,56-,57-/m1/s1. The zero-order valence-electron chi connectivity index (χ0n) is 48.2. The summed E-state index contributed by atoms with van der Waals surface area (Å²) in [7, 11) is 7.09. The first-order valence-corrected chi connectivity index (χ1v) is 27.9. The van der Waals surface area contributed by atoms with Crippen molar-refractivity contribution in [1.29, 1.82) is 0 Å². The fourth-order valence-corrected chi connectivity index (χ4v) is 12.7. The molecular weight excluding hydrogens is 997 g/mol. The van der Waals surface area contributed by atoms with Gasteiger partial charge in [0.25, 0.3) is 0 Å². The summed E-state index contributed by atoms with van der Waals surface area (Å²) in [5.41, 5.74) is -2.56. The molecule has 6 rings (SSSR count). The van der Waals surface area contributed by atoms with Crippen LogP contribution in [0.5, 0.6) is 0 Å². The van der Waals surface area contributed by atoms with Crippen molar-refractivity contribution in [2.24, 2.45) is 17.8 Å². The summed E-state index contributed by atoms with van der Waals surface area (Å²) in [5, 5.41) is 61.6. The monoisotopic (exact) mass is 1090 g/mol. The van der Waals surface area contributed by atoms with Gasteiger partial charge in [-0.3, -0.25) is 14.4 Å². The molecule has 4 aliphatic rings. The lowest BCUT2D eigenvalue weighted by atomic mass is 9.77. The lowest BCUT2D eigenvalue weighted by Crippen LogP contribution is -2.61. The number of nitrogens with zero attached hydrogens (tertiary/aromatic N) is 3. The van der Waals surface area contributed by atoms with Gasteiger partial charge in [0.15, 0.2) is 18.7 Å². The number of nitrogens with one attached hydrogen (secondary N) is 1. The van der Waals surface area contributed by atoms with Crippen LogP contribution in [0.2, 0.25) is 0 Å². The first-order valence-electron chi connectivity index (χ1n) is 27.9. The van der Waals surface area contributed by atoms with Crippen LogP contribution in [-0.2, 0) is 62.1 Å². The van der Waals surface area contributed by atoms with Crippen LogP contribution in [0, 0.1) is 17.8 Å². The highest BCUT2D eigenvalue weighted by Crippen LogP contribution is 2.41. The molecule has 0 amide bonds. The van der Waals surface area contributed by atoms with Gasteiger partial charge in [0.1, 0.15) is 35.1 Å². The maximum absolute atomic E-state index is 14.6. The molecule has 5 heterocycles. The van der Waals surface area contributed by atoms with Crippen LogP contribution in [0.4, 0.5) is 0 Å². The van der Waals surface area contributed by atoms with E-state index in [2.05, 4.69) is 11.4 Å². The fourth-order valence-electron chi connectivity index (χ4n) is 12.7. The maximum Gasteiger partial charge on any atom is 0.341 e. The van der Waals surface area contributed by atoms with E-state index in [9.17, 15) is 44.7 Å². The average molecular weight is 1090 g/mol. The van der Waals surface area contributed by atoms with Crippen molar-refractivity contribution in [2.75, 3.05) is 47.9 Å². The number of methoxy groups -OCH3 is 1. The van der Waals surface area contributed by atoms with Gasteiger partial charge in [-0.1, -0.05) is 26.8 Å². The number of carboxylic acids is 1. The minimum atomic E-state index is -1.86. The number of ether oxygens (including phenoxy) is 7. The Labute approximate surface area is 455 Å². The third kappa shape index (κ3) is 14.3. The van der Waals surface area contributed by atoms with Crippen LogP contribution in [-0.4, -0.2) is 196 Å². The number of esters is 2. The van der Waals surface area contributed by atoms with Crippen molar-refractivity contribution in [3.8, 4) is 0 Å². The van der Waals surface area contributed by atoms with Gasteiger partial charge in [0.05, 0.1) is 47.9 Å². The van der Waals surface area contributed by atoms with Crippen molar-refractivity contribution < 1.29 is 73.1 Å². The molecule has 0 spiro atoms. The molecule has 20 heteroatoms. The van der Waals surface area contributed by atoms with Crippen LogP contribution in [0.1, 0.15) is 136 Å². The summed E-state index contributed by atoms with van der Waals surface area (Å²) in [6.07, 6.45) is -4.52. The smallest absolute Gasteiger partial charge is 0.341 e. The maximum atomic E-state index is 14.6. The second-order valence-corrected chi connectivity index (χ2v) is 23.9. The van der Waals surface area contributed by atoms with Crippen molar-refractivity contribution >= 4 is 28.8 Å². The van der Waals surface area contributed by atoms with E-state index in [0.717, 1.165) is 29.5 Å². The zero-order valence-corrected chi connectivity index (χ0v) is 48.2. The number of benzene rings is 1. The molecule has 1 aromatic heterocycles. The van der Waals surface area contributed by atoms with Gasteiger partial charge in [0.2, 0.25) is 5.43 Å². The summed E-state index contributed by atoms with van der Waals surface area (Å²) in [6, 6.07) is 3.00. The predicted molar refractivity (Wildman–Crippen MR) is 287 cm³/mol. The number of hydrogen-bond acceptors (Lipinski definition) is 18. The van der Waals surface area contributed by atoms with Crippen molar-refractivity contribution in [2.45, 2.75) is 224 Å². The van der Waals surface area contributed by atoms with E-state index < -0.39 is 113 Å². The molecule has 1 aromatic carbocycles. The van der Waals surface area contributed by atoms with Crippen molar-refractivity contribution in [3.63, 3.8) is 0 Å². The normalized spacial score (nSPS) is 38.0. The molecule has 0 bridgehead atoms. The number of carbonyl (C=O) groups excluding carboxylic acids is 2. The average Bonchev–Trinajstić information content (AvgIpc) is 3.41. The van der Waals surface area contributed by atoms with Gasteiger partial charge in [-0.05, 0) is 144 Å². The number of pyridine rings is 1. The quantitative estimate of drug-likeness (QED) is 0.102. The number of carboxylic acid groups (broad SMARTS) is 1. The molecule has 3 fully saturated rings. The number of likely N-dealkylation sites (N-methyl/N-ethyl adjacent to an activating group) is 2. The van der Waals surface area contributed by atoms with Gasteiger partial charge < -0.3 is 78.4 Å². The Kier molecular flexibility index (Phi) is 21.0. The molecule has 77 heavy (non-hydrogen) atoms. The topological polar surface area (TPSA) is 257 Å². The predicted octanol–water partition coefficient (Wildman–Crippen LogP) is 4.02. The van der Waals surface area contributed by atoms with Crippen LogP contribution >= 0.6 is 0 Å². The molecular formula is C57H92N4O16. The van der Waals surface area contributed by atoms with E-state index in [4.69, 9.17) is 33.2 Å². The van der Waals surface area contributed by atoms with Gasteiger partial charge in [-0.25, -0.2) is 4.79 Å². The third-order valence-corrected chi connectivity index (χ3v) is 17.1. The molecule has 0 radical (unpaired) electrons. The molecule has 436 valence electrons. The molecule has 4 aliphatic heterocycles. The minimum absolute atomic E-state index is 0.0467. The van der Waals surface area contributed by atoms with Gasteiger partial charge in [0, 0.05) is 62.7 Å². The number of rotatable bonds is 16. The third-order valence-electron chi connectivity index (χ3n) is 17.1. The van der Waals surface area contributed by atoms with Gasteiger partial charge >= 0.3 is 17.9 Å². The minimum Gasteiger partial charge on any atom is -0.477 e. The van der Waals surface area contributed by atoms with Crippen LogP contribution < -0.4 is 10.7 Å². The van der Waals surface area contributed by atoms with Crippen molar-refractivity contribution in [3.05, 3.63) is 45.2 Å². The van der Waals surface area contributed by atoms with Crippen molar-refractivity contribution in [1.82, 2.24) is 19.7 Å². The Morgan fingerprint density at radius 3 is 2.31 bits per heavy atom. The summed E-state index contributed by atoms with van der Waals surface area (Å²) < 4.78 is 46.8. The second-order valence-electron chi connectivity index (χ2n) is 23.9. The Balaban J connectivity index is 1.18. The lowest BCUT2D eigenvalue weighted by Gasteiger charge is -2.49. The van der Waals surface area contributed by atoms with Gasteiger partial charge in [-0.2, -0.15) is 0 Å². The highest BCUT2D eigenvalue weighted by molar-refractivity contribution is 5.94. The largest absolute Gasteiger partial charge is 0.477 e. The zero-order chi connectivity index (χ0) is 57.1. The number of hydrogen-bond donors (Lipinski definition) is 6. The van der Waals surface area contributed by atoms with E-state index in [-0.39, 0.29) is 49.3 Å². The number of aryl methyl sites for hydroxylation is 3. The van der Waals surface area contributed by atoms with E-state index in [1.54, 1.807) is 54.5 Å². The Morgan fingerprint density at radius 2 is 1.66 bits per heavy atom. The van der Waals surface area contributed by atoms with Crippen LogP contribution in [0.25, 0.3) is 10.9 Å². The first kappa shape index (κ1) is 62.6. The molecule has 18 atom stereocenters. The molecule has 0 unspecified atom stereocenters. The summed E-state index contributed by atoms with van der Waals surface area (Å²) >= 11 is 0. The number of aliphatic hydroxyl groups is 4. The highest BCUT2D eigenvalue weighted by atomic mass is 16.7. The number of cyclic esters (lactones) is 1. The summed E-state index contributed by atoms with van der Waals surface area (Å²) in [5.74, 6) is -4.58. The molecule has 0 saturated carbocycles. The number of aromatic carboxylic acids is 1. The van der Waals surface area contributed by atoms with E-state index >= 15 is 0 Å². The van der Waals surface area contributed by atoms with E-state index in [1.807, 2.05) is 49.4 Å².